The SMILES string of the molecule is O=P([O-])([O-])Cl.[Mg+2]. The van der Waals surface area contributed by atoms with Crippen LogP contribution in [0.15, 0.2) is 0 Å². The first-order valence-electron chi connectivity index (χ1n) is 0.717. The minimum absolute atomic E-state index is 0. The van der Waals surface area contributed by atoms with Crippen LogP contribution in [0.25, 0.3) is 0 Å². The van der Waals surface area contributed by atoms with E-state index in [4.69, 9.17) is 14.4 Å². The van der Waals surface area contributed by atoms with Crippen molar-refractivity contribution in [1.29, 1.82) is 0 Å². The Balaban J connectivity index is 0. The standard InChI is InChI=1S/ClH2O3P.Mg/c1-5(2,3)4;/h(H2,2,3,4);/q;+2/p-2. The van der Waals surface area contributed by atoms with Crippen LogP contribution in [0.4, 0.5) is 0 Å². The molecule has 0 rings (SSSR count). The fourth-order valence-electron chi connectivity index (χ4n) is 0. The van der Waals surface area contributed by atoms with Crippen LogP contribution in [0.1, 0.15) is 0 Å². The molecule has 0 atom stereocenters. The molecule has 3 nitrogen and oxygen atoms in total. The van der Waals surface area contributed by atoms with E-state index in [9.17, 15) is 0 Å². The largest absolute Gasteiger partial charge is 2.00 e. The number of hydrogen-bond donors (Lipinski definition) is 0. The molecule has 0 aromatic heterocycles. The minimum atomic E-state index is -4.67. The maximum Gasteiger partial charge on any atom is 2.00 e. The zero-order valence-corrected chi connectivity index (χ0v) is 5.82. The summed E-state index contributed by atoms with van der Waals surface area (Å²) in [5.41, 5.74) is 0. The predicted octanol–water partition coefficient (Wildman–Crippen LogP) is -1.33. The molecule has 0 aliphatic rings. The molecule has 0 saturated heterocycles. The second-order valence-electron chi connectivity index (χ2n) is 0.431. The van der Waals surface area contributed by atoms with Crippen molar-refractivity contribution in [1.82, 2.24) is 0 Å². The van der Waals surface area contributed by atoms with E-state index in [0.717, 1.165) is 0 Å². The minimum Gasteiger partial charge on any atom is -0.799 e. The average molecular weight is 139 g/mol. The van der Waals surface area contributed by atoms with Crippen LogP contribution in [-0.2, 0) is 4.57 Å². The molecule has 0 saturated carbocycles. The van der Waals surface area contributed by atoms with Gasteiger partial charge in [-0.3, -0.25) is 0 Å². The average Bonchev–Trinajstić information content (AvgIpc) is 0.722. The molecule has 0 bridgehead atoms. The third kappa shape index (κ3) is 63.3. The first-order valence-corrected chi connectivity index (χ1v) is 3.16. The molecule has 0 radical (unpaired) electrons. The van der Waals surface area contributed by atoms with Gasteiger partial charge in [0.15, 0.2) is 0 Å². The van der Waals surface area contributed by atoms with Gasteiger partial charge >= 0.3 is 23.1 Å². The molecular formula is ClMgO3P. The molecule has 6 heteroatoms. The molecule has 0 fully saturated rings. The van der Waals surface area contributed by atoms with Gasteiger partial charge in [-0.25, -0.2) is 0 Å². The molecule has 0 unspecified atom stereocenters. The summed E-state index contributed by atoms with van der Waals surface area (Å²) in [4.78, 5) is 17.7. The molecule has 0 heterocycles. The van der Waals surface area contributed by atoms with Crippen molar-refractivity contribution in [3.8, 4) is 0 Å². The molecule has 0 N–H and O–H groups in total. The van der Waals surface area contributed by atoms with Crippen molar-refractivity contribution < 1.29 is 14.4 Å². The van der Waals surface area contributed by atoms with Gasteiger partial charge in [0.25, 0.3) is 0 Å². The van der Waals surface area contributed by atoms with Gasteiger partial charge in [0.05, 0.1) is 0 Å². The zero-order valence-electron chi connectivity index (χ0n) is 2.76. The van der Waals surface area contributed by atoms with E-state index in [-0.39, 0.29) is 23.1 Å². The van der Waals surface area contributed by atoms with Crippen LogP contribution in [0.3, 0.4) is 0 Å². The zero-order chi connectivity index (χ0) is 4.50. The van der Waals surface area contributed by atoms with E-state index in [2.05, 4.69) is 11.2 Å². The number of rotatable bonds is 0. The van der Waals surface area contributed by atoms with Crippen molar-refractivity contribution in [2.45, 2.75) is 0 Å². The summed E-state index contributed by atoms with van der Waals surface area (Å²) in [6.07, 6.45) is 0. The third-order valence-corrected chi connectivity index (χ3v) is 0. The smallest absolute Gasteiger partial charge is 0.799 e. The fraction of sp³-hybridized carbons (Fsp3) is 0. The Morgan fingerprint density at radius 2 is 1.50 bits per heavy atom. The molecule has 0 amide bonds. The quantitative estimate of drug-likeness (QED) is 0.308. The Labute approximate surface area is 55.8 Å². The fourth-order valence-corrected chi connectivity index (χ4v) is 0. The maximum atomic E-state index is 8.87. The second-order valence-corrected chi connectivity index (χ2v) is 2.53. The Hall–Kier alpha value is 1.21. The van der Waals surface area contributed by atoms with Crippen LogP contribution in [0.2, 0.25) is 0 Å². The van der Waals surface area contributed by atoms with E-state index < -0.39 is 6.95 Å². The number of halogens is 1. The Kier molecular flexibility index (Phi) is 5.53. The van der Waals surface area contributed by atoms with Crippen LogP contribution in [-0.4, -0.2) is 23.1 Å². The maximum absolute atomic E-state index is 8.87. The predicted molar refractivity (Wildman–Crippen MR) is 19.2 cm³/mol. The monoisotopic (exact) mass is 138 g/mol. The van der Waals surface area contributed by atoms with Gasteiger partial charge in [0.2, 0.25) is 0 Å². The molecule has 0 aromatic rings. The summed E-state index contributed by atoms with van der Waals surface area (Å²) in [6, 6.07) is 0. The Bertz CT molecular complexity index is 56.9. The van der Waals surface area contributed by atoms with Crippen LogP contribution >= 0.6 is 18.2 Å². The summed E-state index contributed by atoms with van der Waals surface area (Å²) in [6.45, 7) is -4.67. The number of hydrogen-bond acceptors (Lipinski definition) is 3. The first-order chi connectivity index (χ1) is 2.00. The van der Waals surface area contributed by atoms with Crippen molar-refractivity contribution in [3.63, 3.8) is 0 Å². The van der Waals surface area contributed by atoms with Gasteiger partial charge in [-0.1, -0.05) is 11.2 Å². The van der Waals surface area contributed by atoms with Crippen LogP contribution in [0, 0.1) is 0 Å². The molecule has 0 aliphatic carbocycles. The molecular weight excluding hydrogens is 139 g/mol. The van der Waals surface area contributed by atoms with Gasteiger partial charge in [0.1, 0.15) is 0 Å². The first kappa shape index (κ1) is 10.2. The molecule has 0 aliphatic heterocycles. The summed E-state index contributed by atoms with van der Waals surface area (Å²) in [7, 11) is 0. The van der Waals surface area contributed by atoms with Crippen LogP contribution in [0.5, 0.6) is 0 Å². The van der Waals surface area contributed by atoms with E-state index in [0.29, 0.717) is 0 Å². The summed E-state index contributed by atoms with van der Waals surface area (Å²) < 4.78 is 8.87. The topological polar surface area (TPSA) is 63.2 Å². The van der Waals surface area contributed by atoms with Gasteiger partial charge in [0, 0.05) is 6.95 Å². The molecule has 6 heavy (non-hydrogen) atoms. The summed E-state index contributed by atoms with van der Waals surface area (Å²) in [5.74, 6) is 0. The van der Waals surface area contributed by atoms with Gasteiger partial charge in [-0.2, -0.15) is 0 Å². The third-order valence-electron chi connectivity index (χ3n) is 0. The van der Waals surface area contributed by atoms with Gasteiger partial charge in [-0.05, 0) is 0 Å². The Morgan fingerprint density at radius 1 is 1.50 bits per heavy atom. The second kappa shape index (κ2) is 3.24. The molecule has 32 valence electrons. The van der Waals surface area contributed by atoms with Crippen molar-refractivity contribution in [3.05, 3.63) is 0 Å². The van der Waals surface area contributed by atoms with E-state index in [1.54, 1.807) is 0 Å². The van der Waals surface area contributed by atoms with E-state index >= 15 is 0 Å². The molecule has 0 aromatic carbocycles. The summed E-state index contributed by atoms with van der Waals surface area (Å²) in [5, 5.41) is 0. The van der Waals surface area contributed by atoms with Gasteiger partial charge < -0.3 is 14.4 Å². The van der Waals surface area contributed by atoms with E-state index in [1.807, 2.05) is 0 Å². The van der Waals surface area contributed by atoms with Crippen molar-refractivity contribution in [2.24, 2.45) is 0 Å². The normalized spacial score (nSPS) is 9.83. The van der Waals surface area contributed by atoms with Crippen molar-refractivity contribution in [2.75, 3.05) is 0 Å². The van der Waals surface area contributed by atoms with Crippen molar-refractivity contribution >= 4 is 41.2 Å². The summed E-state index contributed by atoms with van der Waals surface area (Å²) >= 11 is 3.97. The van der Waals surface area contributed by atoms with E-state index in [1.165, 1.54) is 0 Å². The Morgan fingerprint density at radius 3 is 1.50 bits per heavy atom. The van der Waals surface area contributed by atoms with Crippen LogP contribution < -0.4 is 9.79 Å². The van der Waals surface area contributed by atoms with Gasteiger partial charge in [-0.15, -0.1) is 0 Å². The molecule has 0 spiro atoms.